The summed E-state index contributed by atoms with van der Waals surface area (Å²) in [6.45, 7) is 2.40. The Bertz CT molecular complexity index is 763. The number of amides is 1. The van der Waals surface area contributed by atoms with Gasteiger partial charge in [-0.25, -0.2) is 8.42 Å². The minimum absolute atomic E-state index is 0.0349. The summed E-state index contributed by atoms with van der Waals surface area (Å²) in [5.41, 5.74) is -0.820. The Morgan fingerprint density at radius 1 is 1.42 bits per heavy atom. The number of hydrogen-bond acceptors (Lipinski definition) is 5. The van der Waals surface area contributed by atoms with Gasteiger partial charge in [-0.15, -0.1) is 11.3 Å². The van der Waals surface area contributed by atoms with E-state index in [-0.39, 0.29) is 25.4 Å². The third-order valence-corrected chi connectivity index (χ3v) is 8.53. The highest BCUT2D eigenvalue weighted by Crippen LogP contribution is 2.38. The predicted molar refractivity (Wildman–Crippen MR) is 88.3 cm³/mol. The average molecular weight is 372 g/mol. The molecule has 1 aromatic heterocycles. The second kappa shape index (κ2) is 6.12. The van der Waals surface area contributed by atoms with Gasteiger partial charge >= 0.3 is 5.97 Å². The Labute approximate surface area is 144 Å². The number of thiophene rings is 1. The van der Waals surface area contributed by atoms with Crippen molar-refractivity contribution in [2.75, 3.05) is 13.1 Å². The lowest BCUT2D eigenvalue weighted by Crippen LogP contribution is -2.56. The Morgan fingerprint density at radius 3 is 2.62 bits per heavy atom. The smallest absolute Gasteiger partial charge is 0.309 e. The SMILES string of the molecule is CCc1ccc(S(=O)(=O)N2CCC3(CC2)NC(=O)C[C@H]3C(=O)O)s1. The highest BCUT2D eigenvalue weighted by molar-refractivity contribution is 7.91. The van der Waals surface area contributed by atoms with Crippen LogP contribution in [0.5, 0.6) is 0 Å². The number of rotatable bonds is 4. The summed E-state index contributed by atoms with van der Waals surface area (Å²) >= 11 is 1.27. The molecule has 2 N–H and O–H groups in total. The molecule has 2 fully saturated rings. The van der Waals surface area contributed by atoms with Crippen LogP contribution in [-0.2, 0) is 26.0 Å². The van der Waals surface area contributed by atoms with Crippen molar-refractivity contribution in [3.8, 4) is 0 Å². The van der Waals surface area contributed by atoms with E-state index in [2.05, 4.69) is 5.32 Å². The number of nitrogens with one attached hydrogen (secondary N) is 1. The van der Waals surface area contributed by atoms with Crippen molar-refractivity contribution < 1.29 is 23.1 Å². The zero-order valence-corrected chi connectivity index (χ0v) is 15.0. The summed E-state index contributed by atoms with van der Waals surface area (Å²) in [5.74, 6) is -2.07. The molecule has 0 aromatic carbocycles. The largest absolute Gasteiger partial charge is 0.481 e. The van der Waals surface area contributed by atoms with Crippen LogP contribution in [0, 0.1) is 5.92 Å². The van der Waals surface area contributed by atoms with Gasteiger partial charge in [-0.1, -0.05) is 6.92 Å². The molecule has 1 amide bonds. The number of nitrogens with zero attached hydrogens (tertiary/aromatic N) is 1. The number of carboxylic acid groups (broad SMARTS) is 1. The Hall–Kier alpha value is -1.45. The highest BCUT2D eigenvalue weighted by atomic mass is 32.2. The van der Waals surface area contributed by atoms with E-state index in [9.17, 15) is 23.1 Å². The summed E-state index contributed by atoms with van der Waals surface area (Å²) in [4.78, 5) is 24.1. The number of aryl methyl sites for hydroxylation is 1. The maximum absolute atomic E-state index is 12.7. The molecule has 7 nitrogen and oxygen atoms in total. The number of piperidine rings is 1. The summed E-state index contributed by atoms with van der Waals surface area (Å²) in [7, 11) is -3.56. The van der Waals surface area contributed by atoms with Crippen molar-refractivity contribution >= 4 is 33.2 Å². The molecule has 132 valence electrons. The molecule has 0 unspecified atom stereocenters. The number of carboxylic acids is 1. The zero-order chi connectivity index (χ0) is 17.5. The first-order chi connectivity index (χ1) is 11.3. The standard InChI is InChI=1S/C15H20N2O5S2/c1-2-10-3-4-13(23-10)24(21,22)17-7-5-15(6-8-17)11(14(19)20)9-12(18)16-15/h3-4,11H,2,5-9H2,1H3,(H,16,18)(H,19,20)/t11-/m0/s1. The molecule has 2 aliphatic heterocycles. The van der Waals surface area contributed by atoms with Crippen LogP contribution in [0.2, 0.25) is 0 Å². The van der Waals surface area contributed by atoms with E-state index < -0.39 is 27.4 Å². The molecular formula is C15H20N2O5S2. The van der Waals surface area contributed by atoms with Gasteiger partial charge in [0.25, 0.3) is 10.0 Å². The molecule has 1 aromatic rings. The highest BCUT2D eigenvalue weighted by Gasteiger charge is 2.52. The molecule has 0 radical (unpaired) electrons. The second-order valence-corrected chi connectivity index (χ2v) is 9.61. The van der Waals surface area contributed by atoms with Crippen LogP contribution in [0.25, 0.3) is 0 Å². The molecule has 2 aliphatic rings. The fourth-order valence-electron chi connectivity index (χ4n) is 3.53. The number of hydrogen-bond donors (Lipinski definition) is 2. The molecule has 24 heavy (non-hydrogen) atoms. The van der Waals surface area contributed by atoms with Crippen LogP contribution in [0.15, 0.2) is 16.3 Å². The lowest BCUT2D eigenvalue weighted by molar-refractivity contribution is -0.144. The van der Waals surface area contributed by atoms with Crippen molar-refractivity contribution in [1.82, 2.24) is 9.62 Å². The van der Waals surface area contributed by atoms with E-state index in [1.54, 1.807) is 6.07 Å². The maximum Gasteiger partial charge on any atom is 0.309 e. The molecule has 3 rings (SSSR count). The summed E-state index contributed by atoms with van der Waals surface area (Å²) in [5, 5.41) is 12.1. The van der Waals surface area contributed by atoms with E-state index >= 15 is 0 Å². The van der Waals surface area contributed by atoms with Crippen LogP contribution in [0.1, 0.15) is 31.1 Å². The van der Waals surface area contributed by atoms with Gasteiger partial charge in [-0.2, -0.15) is 4.31 Å². The third kappa shape index (κ3) is 2.84. The first-order valence-corrected chi connectivity index (χ1v) is 10.2. The average Bonchev–Trinajstić information content (AvgIpc) is 3.13. The van der Waals surface area contributed by atoms with Crippen LogP contribution in [-0.4, -0.2) is 48.3 Å². The van der Waals surface area contributed by atoms with Gasteiger partial charge in [0, 0.05) is 24.4 Å². The van der Waals surface area contributed by atoms with Gasteiger partial charge in [0.1, 0.15) is 4.21 Å². The monoisotopic (exact) mass is 372 g/mol. The molecular weight excluding hydrogens is 352 g/mol. The first kappa shape index (κ1) is 17.4. The van der Waals surface area contributed by atoms with Gasteiger partial charge in [0.05, 0.1) is 11.5 Å². The zero-order valence-electron chi connectivity index (χ0n) is 13.3. The van der Waals surface area contributed by atoms with E-state index in [1.165, 1.54) is 15.6 Å². The third-order valence-electron chi connectivity index (χ3n) is 4.94. The minimum Gasteiger partial charge on any atom is -0.481 e. The van der Waals surface area contributed by atoms with Gasteiger partial charge in [0.15, 0.2) is 0 Å². The van der Waals surface area contributed by atoms with Crippen molar-refractivity contribution in [2.24, 2.45) is 5.92 Å². The maximum atomic E-state index is 12.7. The fourth-order valence-corrected chi connectivity index (χ4v) is 6.42. The Kier molecular flexibility index (Phi) is 4.43. The summed E-state index contributed by atoms with van der Waals surface area (Å²) in [6, 6.07) is 3.45. The number of carbonyl (C=O) groups excluding carboxylic acids is 1. The van der Waals surface area contributed by atoms with E-state index in [0.29, 0.717) is 17.1 Å². The molecule has 0 aliphatic carbocycles. The molecule has 2 saturated heterocycles. The van der Waals surface area contributed by atoms with Crippen molar-refractivity contribution in [3.63, 3.8) is 0 Å². The quantitative estimate of drug-likeness (QED) is 0.822. The van der Waals surface area contributed by atoms with Crippen LogP contribution in [0.4, 0.5) is 0 Å². The van der Waals surface area contributed by atoms with E-state index in [4.69, 9.17) is 0 Å². The van der Waals surface area contributed by atoms with Crippen molar-refractivity contribution in [1.29, 1.82) is 0 Å². The molecule has 1 atom stereocenters. The lowest BCUT2D eigenvalue weighted by atomic mass is 9.78. The Morgan fingerprint density at radius 2 is 2.08 bits per heavy atom. The lowest BCUT2D eigenvalue weighted by Gasteiger charge is -2.40. The normalized spacial score (nSPS) is 24.2. The second-order valence-electron chi connectivity index (χ2n) is 6.28. The topological polar surface area (TPSA) is 104 Å². The van der Waals surface area contributed by atoms with Gasteiger partial charge < -0.3 is 10.4 Å². The fraction of sp³-hybridized carbons (Fsp3) is 0.600. The van der Waals surface area contributed by atoms with Crippen LogP contribution >= 0.6 is 11.3 Å². The van der Waals surface area contributed by atoms with E-state index in [1.807, 2.05) is 13.0 Å². The van der Waals surface area contributed by atoms with Gasteiger partial charge in [0.2, 0.25) is 5.91 Å². The summed E-state index contributed by atoms with van der Waals surface area (Å²) in [6.07, 6.45) is 1.39. The summed E-state index contributed by atoms with van der Waals surface area (Å²) < 4.78 is 27.2. The molecule has 0 saturated carbocycles. The van der Waals surface area contributed by atoms with Gasteiger partial charge in [-0.05, 0) is 31.4 Å². The number of sulfonamides is 1. The number of carbonyl (C=O) groups is 2. The van der Waals surface area contributed by atoms with E-state index in [0.717, 1.165) is 11.3 Å². The van der Waals surface area contributed by atoms with Crippen LogP contribution in [0.3, 0.4) is 0 Å². The Balaban J connectivity index is 1.77. The van der Waals surface area contributed by atoms with Crippen molar-refractivity contribution in [2.45, 2.75) is 42.4 Å². The number of aliphatic carboxylic acids is 1. The molecule has 3 heterocycles. The molecule has 1 spiro atoms. The van der Waals surface area contributed by atoms with Gasteiger partial charge in [-0.3, -0.25) is 9.59 Å². The molecule has 0 bridgehead atoms. The molecule has 9 heteroatoms. The predicted octanol–water partition coefficient (Wildman–Crippen LogP) is 1.05. The van der Waals surface area contributed by atoms with Crippen molar-refractivity contribution in [3.05, 3.63) is 17.0 Å². The minimum atomic E-state index is -3.56. The first-order valence-electron chi connectivity index (χ1n) is 7.91. The van der Waals surface area contributed by atoms with Crippen LogP contribution < -0.4 is 5.32 Å².